The number of aliphatic hydroxyl groups is 1. The number of alkyl halides is 3. The van der Waals surface area contributed by atoms with Gasteiger partial charge in [0.05, 0.1) is 18.0 Å². The largest absolute Gasteiger partial charge is 0.493 e. The Morgan fingerprint density at radius 1 is 1.06 bits per heavy atom. The molecule has 0 aliphatic heterocycles. The zero-order chi connectivity index (χ0) is 25.1. The first-order chi connectivity index (χ1) is 15.7. The number of hydrogen-bond acceptors (Lipinski definition) is 4. The highest BCUT2D eigenvalue weighted by atomic mass is 32.2. The summed E-state index contributed by atoms with van der Waals surface area (Å²) in [6, 6.07) is 10.8. The maximum absolute atomic E-state index is 14.5. The first-order valence-electron chi connectivity index (χ1n) is 10.4. The Labute approximate surface area is 194 Å². The number of fused-ring (bicyclic) bond motifs is 2. The van der Waals surface area contributed by atoms with E-state index in [0.29, 0.717) is 10.8 Å². The van der Waals surface area contributed by atoms with Gasteiger partial charge in [0.1, 0.15) is 0 Å². The van der Waals surface area contributed by atoms with Crippen molar-refractivity contribution >= 4 is 20.8 Å². The van der Waals surface area contributed by atoms with Crippen molar-refractivity contribution in [1.29, 1.82) is 0 Å². The van der Waals surface area contributed by atoms with Gasteiger partial charge in [0.25, 0.3) is 0 Å². The van der Waals surface area contributed by atoms with Crippen molar-refractivity contribution in [3.63, 3.8) is 0 Å². The Morgan fingerprint density at radius 2 is 1.71 bits per heavy atom. The fraction of sp³-hybridized carbons (Fsp3) is 0.333. The fourth-order valence-electron chi connectivity index (χ4n) is 4.91. The van der Waals surface area contributed by atoms with E-state index in [1.165, 1.54) is 39.2 Å². The fourth-order valence-corrected chi connectivity index (χ4v) is 6.40. The summed E-state index contributed by atoms with van der Waals surface area (Å²) in [4.78, 5) is -0.240. The van der Waals surface area contributed by atoms with E-state index in [1.54, 1.807) is 24.3 Å². The lowest BCUT2D eigenvalue weighted by Gasteiger charge is -2.48. The average Bonchev–Trinajstić information content (AvgIpc) is 2.75. The minimum absolute atomic E-state index is 0.0644. The summed E-state index contributed by atoms with van der Waals surface area (Å²) < 4.78 is 91.5. The van der Waals surface area contributed by atoms with Crippen molar-refractivity contribution in [3.8, 4) is 5.75 Å². The van der Waals surface area contributed by atoms with Crippen molar-refractivity contribution in [2.75, 3.05) is 7.11 Å². The van der Waals surface area contributed by atoms with Gasteiger partial charge in [0, 0.05) is 10.9 Å². The summed E-state index contributed by atoms with van der Waals surface area (Å²) >= 11 is 0. The highest BCUT2D eigenvalue weighted by molar-refractivity contribution is 7.89. The number of sulfonamides is 1. The third-order valence-electron chi connectivity index (χ3n) is 6.33. The molecular formula is C24H23F4NO4S. The molecule has 0 saturated heterocycles. The zero-order valence-corrected chi connectivity index (χ0v) is 19.4. The van der Waals surface area contributed by atoms with Crippen LogP contribution < -0.4 is 9.46 Å². The predicted octanol–water partition coefficient (Wildman–Crippen LogP) is 4.98. The molecule has 0 fully saturated rings. The smallest absolute Gasteiger partial charge is 0.419 e. The minimum Gasteiger partial charge on any atom is -0.493 e. The molecule has 1 aliphatic carbocycles. The normalized spacial score (nSPS) is 22.4. The van der Waals surface area contributed by atoms with Crippen LogP contribution in [0.25, 0.3) is 10.8 Å². The molecule has 0 spiro atoms. The lowest BCUT2D eigenvalue weighted by molar-refractivity contribution is -0.279. The van der Waals surface area contributed by atoms with Gasteiger partial charge in [-0.15, -0.1) is 0 Å². The van der Waals surface area contributed by atoms with Crippen molar-refractivity contribution in [1.82, 2.24) is 4.72 Å². The topological polar surface area (TPSA) is 75.6 Å². The van der Waals surface area contributed by atoms with E-state index in [-0.39, 0.29) is 21.8 Å². The first kappa shape index (κ1) is 24.4. The summed E-state index contributed by atoms with van der Waals surface area (Å²) in [5.41, 5.74) is -5.01. The molecular weight excluding hydrogens is 474 g/mol. The highest BCUT2D eigenvalue weighted by Crippen LogP contribution is 2.56. The average molecular weight is 498 g/mol. The minimum atomic E-state index is -5.20. The number of hydrogen-bond donors (Lipinski definition) is 2. The summed E-state index contributed by atoms with van der Waals surface area (Å²) in [6.45, 7) is 2.83. The lowest BCUT2D eigenvalue weighted by Crippen LogP contribution is -2.60. The van der Waals surface area contributed by atoms with E-state index in [1.807, 2.05) is 0 Å². The standard InChI is InChI=1S/C24H23F4NO4S/c1-22(2)13-23(30,24(26,27)28)21(16-11-12-17(25)20(33-3)19(16)22)29-34(31,32)18-10-6-8-14-7-4-5-9-15(14)18/h4-12,21,29-30H,13H2,1-3H3/t21-,23-/m1/s1. The van der Waals surface area contributed by atoms with Crippen molar-refractivity contribution in [3.05, 3.63) is 71.5 Å². The van der Waals surface area contributed by atoms with Crippen LogP contribution >= 0.6 is 0 Å². The Morgan fingerprint density at radius 3 is 2.35 bits per heavy atom. The van der Waals surface area contributed by atoms with E-state index in [9.17, 15) is 31.1 Å². The number of halogens is 4. The van der Waals surface area contributed by atoms with E-state index >= 15 is 0 Å². The monoisotopic (exact) mass is 497 g/mol. The summed E-state index contributed by atoms with van der Waals surface area (Å²) in [5, 5.41) is 11.9. The molecule has 182 valence electrons. The van der Waals surface area contributed by atoms with Crippen LogP contribution in [0.4, 0.5) is 17.6 Å². The third-order valence-corrected chi connectivity index (χ3v) is 7.81. The van der Waals surface area contributed by atoms with Gasteiger partial charge in [0.15, 0.2) is 17.2 Å². The van der Waals surface area contributed by atoms with Gasteiger partial charge in [-0.1, -0.05) is 56.3 Å². The third kappa shape index (κ3) is 3.73. The highest BCUT2D eigenvalue weighted by Gasteiger charge is 2.65. The number of ether oxygens (including phenoxy) is 1. The Bertz CT molecular complexity index is 1370. The second kappa shape index (κ2) is 7.93. The quantitative estimate of drug-likeness (QED) is 0.499. The van der Waals surface area contributed by atoms with Crippen molar-refractivity contribution in [2.24, 2.45) is 0 Å². The van der Waals surface area contributed by atoms with E-state index in [2.05, 4.69) is 4.72 Å². The molecule has 0 unspecified atom stereocenters. The molecule has 34 heavy (non-hydrogen) atoms. The number of nitrogens with one attached hydrogen (secondary N) is 1. The molecule has 0 heterocycles. The second-order valence-corrected chi connectivity index (χ2v) is 10.7. The number of benzene rings is 3. The zero-order valence-electron chi connectivity index (χ0n) is 18.6. The van der Waals surface area contributed by atoms with Crippen LogP contribution in [-0.2, 0) is 15.4 Å². The van der Waals surface area contributed by atoms with Gasteiger partial charge >= 0.3 is 6.18 Å². The molecule has 3 aromatic rings. The van der Waals surface area contributed by atoms with Crippen LogP contribution in [0.1, 0.15) is 37.4 Å². The van der Waals surface area contributed by atoms with E-state index in [0.717, 1.165) is 12.1 Å². The molecule has 4 rings (SSSR count). The van der Waals surface area contributed by atoms with Crippen LogP contribution in [-0.4, -0.2) is 32.4 Å². The summed E-state index contributed by atoms with van der Waals surface area (Å²) in [7, 11) is -3.40. The molecule has 0 radical (unpaired) electrons. The maximum atomic E-state index is 14.5. The van der Waals surface area contributed by atoms with Crippen LogP contribution in [0.3, 0.4) is 0 Å². The molecule has 1 aliphatic rings. The molecule has 10 heteroatoms. The van der Waals surface area contributed by atoms with Gasteiger partial charge in [-0.05, 0) is 34.9 Å². The SMILES string of the molecule is COc1c(F)ccc2c1C(C)(C)C[C@](O)(C(F)(F)F)[C@@H]2NS(=O)(=O)c1cccc2ccccc12. The Balaban J connectivity index is 1.96. The number of methoxy groups -OCH3 is 1. The number of rotatable bonds is 4. The van der Waals surface area contributed by atoms with Crippen LogP contribution in [0.5, 0.6) is 5.75 Å². The van der Waals surface area contributed by atoms with Crippen molar-refractivity contribution < 1.29 is 35.8 Å². The molecule has 0 amide bonds. The summed E-state index contributed by atoms with van der Waals surface area (Å²) in [6.07, 6.45) is -6.12. The summed E-state index contributed by atoms with van der Waals surface area (Å²) in [5.74, 6) is -1.09. The lowest BCUT2D eigenvalue weighted by atomic mass is 9.63. The molecule has 2 N–H and O–H groups in total. The first-order valence-corrected chi connectivity index (χ1v) is 11.9. The van der Waals surface area contributed by atoms with Gasteiger partial charge in [-0.25, -0.2) is 17.5 Å². The van der Waals surface area contributed by atoms with Gasteiger partial charge in [-0.3, -0.25) is 0 Å². The molecule has 0 aromatic heterocycles. The van der Waals surface area contributed by atoms with Gasteiger partial charge in [-0.2, -0.15) is 13.2 Å². The predicted molar refractivity (Wildman–Crippen MR) is 119 cm³/mol. The molecule has 2 atom stereocenters. The van der Waals surface area contributed by atoms with E-state index < -0.39 is 45.5 Å². The van der Waals surface area contributed by atoms with Crippen molar-refractivity contribution in [2.45, 2.75) is 48.4 Å². The molecule has 5 nitrogen and oxygen atoms in total. The molecule has 0 saturated carbocycles. The Hall–Kier alpha value is -2.69. The van der Waals surface area contributed by atoms with Crippen LogP contribution in [0, 0.1) is 5.82 Å². The second-order valence-electron chi connectivity index (χ2n) is 9.06. The maximum Gasteiger partial charge on any atom is 0.419 e. The van der Waals surface area contributed by atoms with Gasteiger partial charge < -0.3 is 9.84 Å². The molecule has 3 aromatic carbocycles. The molecule has 0 bridgehead atoms. The van der Waals surface area contributed by atoms with Crippen LogP contribution in [0.15, 0.2) is 59.5 Å². The van der Waals surface area contributed by atoms with Gasteiger partial charge in [0.2, 0.25) is 10.0 Å². The Kier molecular flexibility index (Phi) is 5.70. The van der Waals surface area contributed by atoms with Crippen LogP contribution in [0.2, 0.25) is 0 Å². The van der Waals surface area contributed by atoms with E-state index in [4.69, 9.17) is 4.74 Å².